The van der Waals surface area contributed by atoms with Crippen LogP contribution in [-0.2, 0) is 6.54 Å². The Balaban J connectivity index is 1.89. The summed E-state index contributed by atoms with van der Waals surface area (Å²) >= 11 is 1.71. The molecular weight excluding hydrogens is 282 g/mol. The number of aromatic nitrogens is 2. The van der Waals surface area contributed by atoms with Gasteiger partial charge in [0.2, 0.25) is 0 Å². The zero-order valence-corrected chi connectivity index (χ0v) is 14.0. The molecule has 3 heterocycles. The second kappa shape index (κ2) is 6.34. The van der Waals surface area contributed by atoms with Crippen molar-refractivity contribution in [3.8, 4) is 0 Å². The molecule has 2 aromatic rings. The molecule has 21 heavy (non-hydrogen) atoms. The summed E-state index contributed by atoms with van der Waals surface area (Å²) in [6.07, 6.45) is 3.34. The van der Waals surface area contributed by atoms with Crippen LogP contribution in [0.1, 0.15) is 26.0 Å². The van der Waals surface area contributed by atoms with E-state index in [9.17, 15) is 0 Å². The second-order valence-corrected chi connectivity index (χ2v) is 6.99. The van der Waals surface area contributed by atoms with Crippen molar-refractivity contribution in [2.75, 3.05) is 38.1 Å². The minimum atomic E-state index is 0.484. The average Bonchev–Trinajstić information content (AvgIpc) is 2.94. The van der Waals surface area contributed by atoms with E-state index in [0.29, 0.717) is 6.04 Å². The van der Waals surface area contributed by atoms with Crippen molar-refractivity contribution in [1.82, 2.24) is 19.6 Å². The zero-order valence-electron chi connectivity index (χ0n) is 13.2. The fraction of sp³-hybridized carbons (Fsp3) is 0.667. The maximum atomic E-state index is 4.89. The molecule has 0 aliphatic carbocycles. The van der Waals surface area contributed by atoms with Gasteiger partial charge in [0.1, 0.15) is 0 Å². The summed E-state index contributed by atoms with van der Waals surface area (Å²) < 4.78 is 2.24. The van der Waals surface area contributed by atoms with E-state index in [1.165, 1.54) is 24.5 Å². The van der Waals surface area contributed by atoms with E-state index in [0.717, 1.165) is 31.1 Å². The predicted molar refractivity (Wildman–Crippen MR) is 89.4 cm³/mol. The Hall–Kier alpha value is -1.11. The first kappa shape index (κ1) is 14.8. The molecule has 116 valence electrons. The Bertz CT molecular complexity index is 588. The smallest absolute Gasteiger partial charge is 0.195 e. The minimum absolute atomic E-state index is 0.484. The highest BCUT2D eigenvalue weighted by atomic mass is 32.1. The molecule has 0 aromatic carbocycles. The standard InChI is InChI=1S/C15H25N5S/c1-12(2)16-11-13-14(17-15-20(13)9-10-21-15)19-6-4-5-18(3)7-8-19/h9-10,12,16H,4-8,11H2,1-3H3. The molecule has 5 nitrogen and oxygen atoms in total. The number of likely N-dealkylation sites (N-methyl/N-ethyl adjacent to an activating group) is 1. The van der Waals surface area contributed by atoms with Crippen LogP contribution in [0.4, 0.5) is 5.82 Å². The SMILES string of the molecule is CC(C)NCc1c(N2CCCN(C)CC2)nc2sccn12. The molecule has 3 rings (SSSR count). The molecule has 0 radical (unpaired) electrons. The van der Waals surface area contributed by atoms with Gasteiger partial charge in [-0.3, -0.25) is 4.40 Å². The first-order valence-electron chi connectivity index (χ1n) is 7.76. The third-order valence-corrected chi connectivity index (χ3v) is 4.79. The van der Waals surface area contributed by atoms with Gasteiger partial charge >= 0.3 is 0 Å². The van der Waals surface area contributed by atoms with Crippen LogP contribution in [-0.4, -0.2) is 53.6 Å². The predicted octanol–water partition coefficient (Wildman–Crippen LogP) is 2.04. The summed E-state index contributed by atoms with van der Waals surface area (Å²) in [5.41, 5.74) is 1.30. The van der Waals surface area contributed by atoms with E-state index in [1.807, 2.05) is 0 Å². The number of nitrogens with one attached hydrogen (secondary N) is 1. The summed E-state index contributed by atoms with van der Waals surface area (Å²) in [5, 5.41) is 5.65. The fourth-order valence-corrected chi connectivity index (χ4v) is 3.53. The monoisotopic (exact) mass is 307 g/mol. The summed E-state index contributed by atoms with van der Waals surface area (Å²) in [6, 6.07) is 0.484. The van der Waals surface area contributed by atoms with Crippen LogP contribution in [0.5, 0.6) is 0 Å². The molecule has 1 aliphatic rings. The minimum Gasteiger partial charge on any atom is -0.354 e. The molecule has 0 amide bonds. The lowest BCUT2D eigenvalue weighted by Gasteiger charge is -2.22. The number of fused-ring (bicyclic) bond motifs is 1. The van der Waals surface area contributed by atoms with Gasteiger partial charge < -0.3 is 15.1 Å². The lowest BCUT2D eigenvalue weighted by Crippen LogP contribution is -2.31. The largest absolute Gasteiger partial charge is 0.354 e. The van der Waals surface area contributed by atoms with Gasteiger partial charge in [-0.2, -0.15) is 0 Å². The maximum absolute atomic E-state index is 4.89. The van der Waals surface area contributed by atoms with Crippen molar-refractivity contribution in [1.29, 1.82) is 0 Å². The third-order valence-electron chi connectivity index (χ3n) is 4.04. The quantitative estimate of drug-likeness (QED) is 0.938. The Morgan fingerprint density at radius 2 is 2.14 bits per heavy atom. The molecular formula is C15H25N5S. The molecule has 0 spiro atoms. The second-order valence-electron chi connectivity index (χ2n) is 6.12. The molecule has 6 heteroatoms. The van der Waals surface area contributed by atoms with E-state index in [-0.39, 0.29) is 0 Å². The lowest BCUT2D eigenvalue weighted by atomic mass is 10.3. The Morgan fingerprint density at radius 3 is 2.95 bits per heavy atom. The summed E-state index contributed by atoms with van der Waals surface area (Å²) in [7, 11) is 2.20. The number of nitrogens with zero attached hydrogens (tertiary/aromatic N) is 4. The summed E-state index contributed by atoms with van der Waals surface area (Å²) in [6.45, 7) is 9.70. The molecule has 1 saturated heterocycles. The third kappa shape index (κ3) is 3.22. The molecule has 2 aromatic heterocycles. The Labute approximate surface area is 130 Å². The highest BCUT2D eigenvalue weighted by Crippen LogP contribution is 2.25. The first-order chi connectivity index (χ1) is 10.1. The zero-order chi connectivity index (χ0) is 14.8. The van der Waals surface area contributed by atoms with Gasteiger partial charge in [-0.1, -0.05) is 13.8 Å². The van der Waals surface area contributed by atoms with Crippen molar-refractivity contribution < 1.29 is 0 Å². The van der Waals surface area contributed by atoms with E-state index in [4.69, 9.17) is 4.98 Å². The molecule has 0 bridgehead atoms. The van der Waals surface area contributed by atoms with Gasteiger partial charge in [0.25, 0.3) is 0 Å². The van der Waals surface area contributed by atoms with Gasteiger partial charge in [-0.15, -0.1) is 11.3 Å². The van der Waals surface area contributed by atoms with Crippen molar-refractivity contribution in [3.63, 3.8) is 0 Å². The molecule has 1 N–H and O–H groups in total. The first-order valence-corrected chi connectivity index (χ1v) is 8.64. The molecule has 0 unspecified atom stereocenters. The highest BCUT2D eigenvalue weighted by molar-refractivity contribution is 7.15. The van der Waals surface area contributed by atoms with Crippen LogP contribution in [0, 0.1) is 0 Å². The van der Waals surface area contributed by atoms with Crippen LogP contribution in [0.15, 0.2) is 11.6 Å². The van der Waals surface area contributed by atoms with E-state index >= 15 is 0 Å². The van der Waals surface area contributed by atoms with E-state index < -0.39 is 0 Å². The number of rotatable bonds is 4. The van der Waals surface area contributed by atoms with Gasteiger partial charge in [-0.05, 0) is 20.0 Å². The molecule has 0 atom stereocenters. The van der Waals surface area contributed by atoms with Crippen LogP contribution in [0.3, 0.4) is 0 Å². The molecule has 0 saturated carbocycles. The number of imidazole rings is 1. The van der Waals surface area contributed by atoms with Crippen LogP contribution in [0.25, 0.3) is 4.96 Å². The summed E-state index contributed by atoms with van der Waals surface area (Å²) in [5.74, 6) is 1.17. The number of thiazole rings is 1. The van der Waals surface area contributed by atoms with Gasteiger partial charge in [-0.25, -0.2) is 4.98 Å². The van der Waals surface area contributed by atoms with Crippen LogP contribution < -0.4 is 10.2 Å². The Morgan fingerprint density at radius 1 is 1.29 bits per heavy atom. The van der Waals surface area contributed by atoms with Crippen LogP contribution >= 0.6 is 11.3 Å². The topological polar surface area (TPSA) is 35.8 Å². The van der Waals surface area contributed by atoms with Crippen molar-refractivity contribution in [2.45, 2.75) is 32.9 Å². The average molecular weight is 307 g/mol. The molecule has 1 fully saturated rings. The fourth-order valence-electron chi connectivity index (χ4n) is 2.80. The number of hydrogen-bond donors (Lipinski definition) is 1. The van der Waals surface area contributed by atoms with Crippen molar-refractivity contribution >= 4 is 22.1 Å². The van der Waals surface area contributed by atoms with E-state index in [1.54, 1.807) is 11.3 Å². The van der Waals surface area contributed by atoms with E-state index in [2.05, 4.69) is 52.0 Å². The number of hydrogen-bond acceptors (Lipinski definition) is 5. The number of anilines is 1. The van der Waals surface area contributed by atoms with Crippen LogP contribution in [0.2, 0.25) is 0 Å². The normalized spacial score (nSPS) is 17.8. The van der Waals surface area contributed by atoms with Gasteiger partial charge in [0, 0.05) is 43.8 Å². The molecule has 1 aliphatic heterocycles. The van der Waals surface area contributed by atoms with Crippen molar-refractivity contribution in [3.05, 3.63) is 17.3 Å². The highest BCUT2D eigenvalue weighted by Gasteiger charge is 2.21. The van der Waals surface area contributed by atoms with Gasteiger partial charge in [0.05, 0.1) is 5.69 Å². The summed E-state index contributed by atoms with van der Waals surface area (Å²) in [4.78, 5) is 10.9. The van der Waals surface area contributed by atoms with Gasteiger partial charge in [0.15, 0.2) is 10.8 Å². The Kier molecular flexibility index (Phi) is 4.47. The van der Waals surface area contributed by atoms with Crippen molar-refractivity contribution in [2.24, 2.45) is 0 Å². The maximum Gasteiger partial charge on any atom is 0.195 e. The lowest BCUT2D eigenvalue weighted by molar-refractivity contribution is 0.360.